The van der Waals surface area contributed by atoms with Crippen LogP contribution in [0.4, 0.5) is 10.1 Å². The molecule has 0 spiro atoms. The quantitative estimate of drug-likeness (QED) is 0.368. The van der Waals surface area contributed by atoms with E-state index in [0.717, 1.165) is 50.4 Å². The van der Waals surface area contributed by atoms with E-state index >= 15 is 4.39 Å². The molecule has 5 nitrogen and oxygen atoms in total. The zero-order valence-electron chi connectivity index (χ0n) is 21.9. The summed E-state index contributed by atoms with van der Waals surface area (Å²) in [7, 11) is 1.61. The lowest BCUT2D eigenvalue weighted by molar-refractivity contribution is -0.136. The van der Waals surface area contributed by atoms with Crippen LogP contribution in [0.1, 0.15) is 43.0 Å². The fourth-order valence-corrected chi connectivity index (χ4v) is 5.23. The van der Waals surface area contributed by atoms with Gasteiger partial charge in [-0.1, -0.05) is 36.2 Å². The van der Waals surface area contributed by atoms with E-state index < -0.39 is 11.6 Å². The van der Waals surface area contributed by atoms with Crippen LogP contribution in [0.2, 0.25) is 0 Å². The van der Waals surface area contributed by atoms with Crippen molar-refractivity contribution in [3.63, 3.8) is 0 Å². The highest BCUT2D eigenvalue weighted by molar-refractivity contribution is 7.99. The summed E-state index contributed by atoms with van der Waals surface area (Å²) in [4.78, 5) is 11.8. The van der Waals surface area contributed by atoms with Crippen LogP contribution in [0, 0.1) is 19.7 Å². The van der Waals surface area contributed by atoms with E-state index in [1.54, 1.807) is 45.9 Å². The summed E-state index contributed by atoms with van der Waals surface area (Å²) in [6.45, 7) is 9.70. The molecular formula is C29H34FNO4S. The normalized spacial score (nSPS) is 12.3. The lowest BCUT2D eigenvalue weighted by Crippen LogP contribution is -2.23. The Labute approximate surface area is 217 Å². The number of halogens is 1. The smallest absolute Gasteiger partial charge is 0.307 e. The Bertz CT molecular complexity index is 1260. The zero-order valence-corrected chi connectivity index (χ0v) is 22.7. The molecule has 0 aromatic heterocycles. The number of carboxylic acid groups (broad SMARTS) is 1. The zero-order chi connectivity index (χ0) is 26.8. The van der Waals surface area contributed by atoms with Crippen LogP contribution in [0.25, 0.3) is 22.3 Å². The number of ether oxygens (including phenoxy) is 1. The number of fused-ring (bicyclic) bond motifs is 3. The van der Waals surface area contributed by atoms with E-state index in [4.69, 9.17) is 9.84 Å². The SMILES string of the molecule is CC(C)(C)O.COc1ccc(-c2c(C)c3c(c(C)c2CC(=O)O)N(SC)Cc2cccc(F)c2-3)cc1. The van der Waals surface area contributed by atoms with E-state index in [-0.39, 0.29) is 12.2 Å². The summed E-state index contributed by atoms with van der Waals surface area (Å²) in [5, 5.41) is 18.2. The van der Waals surface area contributed by atoms with Crippen molar-refractivity contribution in [1.82, 2.24) is 0 Å². The van der Waals surface area contributed by atoms with Crippen molar-refractivity contribution in [2.45, 2.75) is 53.2 Å². The molecule has 0 saturated carbocycles. The van der Waals surface area contributed by atoms with Gasteiger partial charge in [-0.25, -0.2) is 4.39 Å². The fraction of sp³-hybridized carbons (Fsp3) is 0.345. The van der Waals surface area contributed by atoms with Crippen LogP contribution in [-0.4, -0.2) is 35.1 Å². The highest BCUT2D eigenvalue weighted by Gasteiger charge is 2.31. The Balaban J connectivity index is 0.000000658. The summed E-state index contributed by atoms with van der Waals surface area (Å²) in [5.41, 5.74) is 7.02. The number of hydrogen-bond acceptors (Lipinski definition) is 5. The third-order valence-electron chi connectivity index (χ3n) is 5.94. The van der Waals surface area contributed by atoms with Gasteiger partial charge in [-0.3, -0.25) is 4.79 Å². The van der Waals surface area contributed by atoms with E-state index in [1.807, 2.05) is 50.4 Å². The number of carbonyl (C=O) groups is 1. The molecule has 0 aliphatic carbocycles. The van der Waals surface area contributed by atoms with Crippen molar-refractivity contribution in [2.24, 2.45) is 0 Å². The van der Waals surface area contributed by atoms with Crippen LogP contribution < -0.4 is 9.04 Å². The average Bonchev–Trinajstić information content (AvgIpc) is 2.80. The van der Waals surface area contributed by atoms with Gasteiger partial charge in [0.05, 0.1) is 31.4 Å². The van der Waals surface area contributed by atoms with E-state index in [9.17, 15) is 9.90 Å². The number of carboxylic acids is 1. The van der Waals surface area contributed by atoms with Crippen molar-refractivity contribution in [3.05, 3.63) is 70.5 Å². The molecule has 192 valence electrons. The molecule has 3 aromatic rings. The van der Waals surface area contributed by atoms with Crippen LogP contribution in [0.3, 0.4) is 0 Å². The number of nitrogens with zero attached hydrogens (tertiary/aromatic N) is 1. The van der Waals surface area contributed by atoms with Crippen LogP contribution >= 0.6 is 11.9 Å². The second-order valence-electron chi connectivity index (χ2n) is 9.79. The van der Waals surface area contributed by atoms with Gasteiger partial charge in [0.1, 0.15) is 11.6 Å². The summed E-state index contributed by atoms with van der Waals surface area (Å²) in [5.74, 6) is -0.426. The monoisotopic (exact) mass is 511 g/mol. The molecule has 36 heavy (non-hydrogen) atoms. The first-order valence-electron chi connectivity index (χ1n) is 11.7. The van der Waals surface area contributed by atoms with Gasteiger partial charge < -0.3 is 19.3 Å². The molecule has 7 heteroatoms. The molecule has 1 heterocycles. The number of methoxy groups -OCH3 is 1. The summed E-state index contributed by atoms with van der Waals surface area (Å²) < 4.78 is 22.5. The molecule has 2 N–H and O–H groups in total. The number of aliphatic hydroxyl groups is 1. The molecule has 0 bridgehead atoms. The maximum absolute atomic E-state index is 15.1. The molecular weight excluding hydrogens is 477 g/mol. The van der Waals surface area contributed by atoms with Crippen molar-refractivity contribution >= 4 is 23.6 Å². The lowest BCUT2D eigenvalue weighted by atomic mass is 9.81. The minimum atomic E-state index is -0.893. The predicted molar refractivity (Wildman–Crippen MR) is 146 cm³/mol. The second-order valence-corrected chi connectivity index (χ2v) is 10.6. The molecule has 1 aliphatic heterocycles. The first kappa shape index (κ1) is 27.6. The number of anilines is 1. The van der Waals surface area contributed by atoms with Crippen molar-refractivity contribution in [1.29, 1.82) is 0 Å². The van der Waals surface area contributed by atoms with Gasteiger partial charge in [0.25, 0.3) is 0 Å². The standard InChI is InChI=1S/C25H24FNO3S.C4H10O/c1-14-19(12-21(28)29)22(16-8-10-18(30-3)11-9-16)15(2)23-24-17(6-5-7-20(24)26)13-27(31-4)25(14)23;1-4(2,3)5/h5-11H,12-13H2,1-4H3,(H,28,29);5H,1-3H3. The highest BCUT2D eigenvalue weighted by atomic mass is 32.2. The Hall–Kier alpha value is -3.03. The summed E-state index contributed by atoms with van der Waals surface area (Å²) in [6.07, 6.45) is 1.88. The van der Waals surface area contributed by atoms with Crippen molar-refractivity contribution in [2.75, 3.05) is 17.7 Å². The number of benzene rings is 3. The molecule has 0 saturated heterocycles. The summed E-state index contributed by atoms with van der Waals surface area (Å²) in [6, 6.07) is 12.8. The number of rotatable bonds is 5. The molecule has 3 aromatic carbocycles. The van der Waals surface area contributed by atoms with Crippen molar-refractivity contribution in [3.8, 4) is 28.0 Å². The molecule has 0 atom stereocenters. The van der Waals surface area contributed by atoms with Crippen LogP contribution in [-0.2, 0) is 17.8 Å². The van der Waals surface area contributed by atoms with Gasteiger partial charge in [0.2, 0.25) is 0 Å². The molecule has 0 radical (unpaired) electrons. The van der Waals surface area contributed by atoms with E-state index in [1.165, 1.54) is 6.07 Å². The number of aliphatic carboxylic acids is 1. The van der Waals surface area contributed by atoms with E-state index in [0.29, 0.717) is 12.1 Å². The Morgan fingerprint density at radius 3 is 2.19 bits per heavy atom. The first-order chi connectivity index (χ1) is 16.9. The molecule has 0 fully saturated rings. The Kier molecular flexibility index (Phi) is 8.37. The average molecular weight is 512 g/mol. The Morgan fingerprint density at radius 1 is 1.06 bits per heavy atom. The minimum absolute atomic E-state index is 0.104. The van der Waals surface area contributed by atoms with Gasteiger partial charge >= 0.3 is 5.97 Å². The minimum Gasteiger partial charge on any atom is -0.497 e. The lowest BCUT2D eigenvalue weighted by Gasteiger charge is -2.35. The maximum Gasteiger partial charge on any atom is 0.307 e. The maximum atomic E-state index is 15.1. The molecule has 4 rings (SSSR count). The fourth-order valence-electron chi connectivity index (χ4n) is 4.56. The van der Waals surface area contributed by atoms with Gasteiger partial charge in [0, 0.05) is 17.4 Å². The predicted octanol–water partition coefficient (Wildman–Crippen LogP) is 6.79. The van der Waals surface area contributed by atoms with Gasteiger partial charge in [-0.15, -0.1) is 0 Å². The van der Waals surface area contributed by atoms with Crippen LogP contribution in [0.15, 0.2) is 42.5 Å². The third-order valence-corrected chi connectivity index (χ3v) is 6.69. The van der Waals surface area contributed by atoms with E-state index in [2.05, 4.69) is 4.31 Å². The summed E-state index contributed by atoms with van der Waals surface area (Å²) >= 11 is 1.56. The molecule has 0 amide bonds. The van der Waals surface area contributed by atoms with Crippen molar-refractivity contribution < 1.29 is 24.1 Å². The van der Waals surface area contributed by atoms with Gasteiger partial charge in [-0.2, -0.15) is 0 Å². The number of hydrogen-bond donors (Lipinski definition) is 2. The molecule has 0 unspecified atom stereocenters. The van der Waals surface area contributed by atoms with Gasteiger partial charge in [0.15, 0.2) is 0 Å². The van der Waals surface area contributed by atoms with Crippen LogP contribution in [0.5, 0.6) is 5.75 Å². The highest BCUT2D eigenvalue weighted by Crippen LogP contribution is 2.50. The third kappa shape index (κ3) is 5.85. The first-order valence-corrected chi connectivity index (χ1v) is 12.9. The Morgan fingerprint density at radius 2 is 1.67 bits per heavy atom. The largest absolute Gasteiger partial charge is 0.497 e. The second kappa shape index (κ2) is 10.9. The molecule has 1 aliphatic rings. The topological polar surface area (TPSA) is 70.0 Å². The van der Waals surface area contributed by atoms with Gasteiger partial charge in [-0.05, 0) is 86.2 Å².